The maximum Gasteiger partial charge on any atom is 0.358 e. The molecule has 1 aromatic heterocycles. The predicted molar refractivity (Wildman–Crippen MR) is 107 cm³/mol. The quantitative estimate of drug-likeness (QED) is 0.470. The van der Waals surface area contributed by atoms with Crippen molar-refractivity contribution in [3.8, 4) is 5.75 Å². The Morgan fingerprint density at radius 2 is 1.81 bits per heavy atom. The summed E-state index contributed by atoms with van der Waals surface area (Å²) >= 11 is 23.2. The minimum Gasteiger partial charge on any atom is -0.446 e. The molecule has 1 heterocycles. The molecule has 0 aliphatic rings. The van der Waals surface area contributed by atoms with Gasteiger partial charge in [0.25, 0.3) is 0 Å². The van der Waals surface area contributed by atoms with E-state index in [0.717, 1.165) is 5.56 Å². The Morgan fingerprint density at radius 3 is 2.46 bits per heavy atom. The Hall–Kier alpha value is -1.79. The third kappa shape index (κ3) is 5.11. The van der Waals surface area contributed by atoms with Gasteiger partial charge in [0, 0.05) is 34.7 Å². The summed E-state index contributed by atoms with van der Waals surface area (Å²) in [5, 5.41) is 1.45. The standard InChI is InChI=1S/C18H13Cl3N2O2S/c19-13-3-1-12(2-4-13)17(10-23-8-7-22-11-23)25-18(26)24-16-6-5-14(20)9-15(16)21/h1-9,11,17H,10H2. The minimum absolute atomic E-state index is 0.0470. The molecule has 0 aliphatic heterocycles. The highest BCUT2D eigenvalue weighted by atomic mass is 35.5. The number of rotatable bonds is 5. The van der Waals surface area contributed by atoms with Crippen LogP contribution in [0.1, 0.15) is 11.7 Å². The van der Waals surface area contributed by atoms with Gasteiger partial charge in [-0.15, -0.1) is 0 Å². The van der Waals surface area contributed by atoms with Crippen molar-refractivity contribution in [2.75, 3.05) is 0 Å². The summed E-state index contributed by atoms with van der Waals surface area (Å²) in [4.78, 5) is 4.04. The third-order valence-corrected chi connectivity index (χ3v) is 4.47. The number of aromatic nitrogens is 2. The van der Waals surface area contributed by atoms with E-state index in [1.807, 2.05) is 22.9 Å². The molecular formula is C18H13Cl3N2O2S. The van der Waals surface area contributed by atoms with Crippen molar-refractivity contribution < 1.29 is 9.47 Å². The second kappa shape index (κ2) is 8.73. The summed E-state index contributed by atoms with van der Waals surface area (Å²) in [5.41, 5.74) is 0.899. The molecule has 8 heteroatoms. The van der Waals surface area contributed by atoms with Crippen molar-refractivity contribution in [2.24, 2.45) is 0 Å². The lowest BCUT2D eigenvalue weighted by molar-refractivity contribution is 0.140. The van der Waals surface area contributed by atoms with Gasteiger partial charge in [-0.1, -0.05) is 46.9 Å². The Labute approximate surface area is 171 Å². The zero-order chi connectivity index (χ0) is 18.5. The molecule has 0 saturated carbocycles. The molecule has 3 aromatic rings. The second-order valence-electron chi connectivity index (χ2n) is 5.34. The Morgan fingerprint density at radius 1 is 1.08 bits per heavy atom. The Kier molecular flexibility index (Phi) is 6.38. The molecule has 4 nitrogen and oxygen atoms in total. The predicted octanol–water partition coefficient (Wildman–Crippen LogP) is 5.97. The first-order valence-corrected chi connectivity index (χ1v) is 9.10. The minimum atomic E-state index is -0.389. The highest BCUT2D eigenvalue weighted by molar-refractivity contribution is 7.79. The molecule has 0 saturated heterocycles. The van der Waals surface area contributed by atoms with Crippen LogP contribution in [0.3, 0.4) is 0 Å². The highest BCUT2D eigenvalue weighted by Gasteiger charge is 2.18. The molecule has 0 spiro atoms. The van der Waals surface area contributed by atoms with Crippen LogP contribution in [0, 0.1) is 0 Å². The average Bonchev–Trinajstić information content (AvgIpc) is 3.11. The van der Waals surface area contributed by atoms with Crippen molar-refractivity contribution in [1.82, 2.24) is 9.55 Å². The van der Waals surface area contributed by atoms with Crippen molar-refractivity contribution in [3.63, 3.8) is 0 Å². The van der Waals surface area contributed by atoms with Crippen molar-refractivity contribution in [3.05, 3.63) is 81.8 Å². The van der Waals surface area contributed by atoms with E-state index in [0.29, 0.717) is 27.4 Å². The zero-order valence-electron chi connectivity index (χ0n) is 13.3. The molecule has 0 N–H and O–H groups in total. The Bertz CT molecular complexity index is 886. The maximum atomic E-state index is 6.11. The number of nitrogens with zero attached hydrogens (tertiary/aromatic N) is 2. The summed E-state index contributed by atoms with van der Waals surface area (Å²) in [5.74, 6) is 0.374. The van der Waals surface area contributed by atoms with Crippen LogP contribution in [0.4, 0.5) is 0 Å². The van der Waals surface area contributed by atoms with Crippen molar-refractivity contribution in [1.29, 1.82) is 0 Å². The van der Waals surface area contributed by atoms with E-state index in [9.17, 15) is 0 Å². The van der Waals surface area contributed by atoms with Crippen LogP contribution in [0.15, 0.2) is 61.2 Å². The van der Waals surface area contributed by atoms with Crippen LogP contribution in [-0.4, -0.2) is 14.8 Å². The molecule has 0 bridgehead atoms. The molecule has 3 rings (SSSR count). The first-order chi connectivity index (χ1) is 12.5. The van der Waals surface area contributed by atoms with Crippen molar-refractivity contribution >= 4 is 52.3 Å². The summed E-state index contributed by atoms with van der Waals surface area (Å²) in [6.07, 6.45) is 4.85. The van der Waals surface area contributed by atoms with E-state index in [2.05, 4.69) is 4.98 Å². The SMILES string of the molecule is S=C(Oc1ccc(Cl)cc1Cl)OC(Cn1ccnc1)c1ccc(Cl)cc1. The van der Waals surface area contributed by atoms with E-state index in [1.165, 1.54) is 0 Å². The van der Waals surface area contributed by atoms with E-state index >= 15 is 0 Å². The number of halogens is 3. The van der Waals surface area contributed by atoms with E-state index in [1.54, 1.807) is 42.9 Å². The summed E-state index contributed by atoms with van der Waals surface area (Å²) in [6.45, 7) is 0.499. The van der Waals surface area contributed by atoms with Gasteiger partial charge in [-0.05, 0) is 35.9 Å². The summed E-state index contributed by atoms with van der Waals surface area (Å²) < 4.78 is 13.3. The Balaban J connectivity index is 1.75. The molecule has 26 heavy (non-hydrogen) atoms. The lowest BCUT2D eigenvalue weighted by Crippen LogP contribution is -2.19. The molecule has 0 amide bonds. The van der Waals surface area contributed by atoms with Gasteiger partial charge < -0.3 is 14.0 Å². The number of hydrogen-bond acceptors (Lipinski definition) is 4. The fourth-order valence-corrected chi connectivity index (χ4v) is 3.04. The molecule has 134 valence electrons. The molecule has 0 aliphatic carbocycles. The number of hydrogen-bond donors (Lipinski definition) is 0. The lowest BCUT2D eigenvalue weighted by Gasteiger charge is -2.20. The fraction of sp³-hybridized carbons (Fsp3) is 0.111. The van der Waals surface area contributed by atoms with Gasteiger partial charge in [-0.2, -0.15) is 0 Å². The smallest absolute Gasteiger partial charge is 0.358 e. The number of imidazole rings is 1. The monoisotopic (exact) mass is 426 g/mol. The van der Waals surface area contributed by atoms with Crippen LogP contribution >= 0.6 is 47.0 Å². The lowest BCUT2D eigenvalue weighted by atomic mass is 10.1. The molecular weight excluding hydrogens is 415 g/mol. The topological polar surface area (TPSA) is 36.3 Å². The van der Waals surface area contributed by atoms with E-state index in [4.69, 9.17) is 56.5 Å². The third-order valence-electron chi connectivity index (χ3n) is 3.50. The average molecular weight is 428 g/mol. The first kappa shape index (κ1) is 19.0. The second-order valence-corrected chi connectivity index (χ2v) is 6.96. The van der Waals surface area contributed by atoms with Gasteiger partial charge >= 0.3 is 5.24 Å². The zero-order valence-corrected chi connectivity index (χ0v) is 16.4. The molecule has 0 radical (unpaired) electrons. The van der Waals surface area contributed by atoms with Gasteiger partial charge in [0.2, 0.25) is 0 Å². The van der Waals surface area contributed by atoms with Crippen LogP contribution in [0.25, 0.3) is 0 Å². The normalized spacial score (nSPS) is 11.8. The van der Waals surface area contributed by atoms with Gasteiger partial charge in [0.1, 0.15) is 6.10 Å². The molecule has 0 fully saturated rings. The molecule has 1 atom stereocenters. The van der Waals surface area contributed by atoms with Gasteiger partial charge in [-0.3, -0.25) is 0 Å². The van der Waals surface area contributed by atoms with E-state index < -0.39 is 0 Å². The number of benzene rings is 2. The summed E-state index contributed by atoms with van der Waals surface area (Å²) in [6, 6.07) is 12.2. The fourth-order valence-electron chi connectivity index (χ4n) is 2.26. The van der Waals surface area contributed by atoms with Crippen LogP contribution in [-0.2, 0) is 11.3 Å². The molecule has 2 aromatic carbocycles. The first-order valence-electron chi connectivity index (χ1n) is 7.56. The van der Waals surface area contributed by atoms with Crippen LogP contribution < -0.4 is 4.74 Å². The maximum absolute atomic E-state index is 6.11. The van der Waals surface area contributed by atoms with Gasteiger partial charge in [0.15, 0.2) is 5.75 Å². The summed E-state index contributed by atoms with van der Waals surface area (Å²) in [7, 11) is 0. The largest absolute Gasteiger partial charge is 0.446 e. The number of ether oxygens (including phenoxy) is 2. The van der Waals surface area contributed by atoms with E-state index in [-0.39, 0.29) is 11.3 Å². The highest BCUT2D eigenvalue weighted by Crippen LogP contribution is 2.29. The number of thiocarbonyl (C=S) groups is 1. The van der Waals surface area contributed by atoms with Crippen molar-refractivity contribution in [2.45, 2.75) is 12.6 Å². The van der Waals surface area contributed by atoms with Crippen LogP contribution in [0.5, 0.6) is 5.75 Å². The van der Waals surface area contributed by atoms with Gasteiger partial charge in [-0.25, -0.2) is 4.98 Å². The van der Waals surface area contributed by atoms with Gasteiger partial charge in [0.05, 0.1) is 17.9 Å². The van der Waals surface area contributed by atoms with Crippen LogP contribution in [0.2, 0.25) is 15.1 Å². The molecule has 1 unspecified atom stereocenters.